The number of aliphatic hydroxyl groups excluding tert-OH is 1. The van der Waals surface area contributed by atoms with Crippen LogP contribution in [0, 0.1) is 46.3 Å². The quantitative estimate of drug-likeness (QED) is 0.624. The summed E-state index contributed by atoms with van der Waals surface area (Å²) in [6.45, 7) is 7.67. The largest absolute Gasteiger partial charge is 0.368 e. The fourth-order valence-corrected chi connectivity index (χ4v) is 8.88. The van der Waals surface area contributed by atoms with Crippen LogP contribution in [-0.4, -0.2) is 16.5 Å². The summed E-state index contributed by atoms with van der Waals surface area (Å²) in [6.07, 6.45) is 15.1. The fraction of sp³-hybridized carbons (Fsp3) is 1.00. The molecule has 0 spiro atoms. The van der Waals surface area contributed by atoms with E-state index < -0.39 is 6.29 Å². The van der Waals surface area contributed by atoms with Gasteiger partial charge in [0.2, 0.25) is 0 Å². The Kier molecular flexibility index (Phi) is 5.23. The summed E-state index contributed by atoms with van der Waals surface area (Å²) in [5.41, 5.74) is 1.16. The van der Waals surface area contributed by atoms with E-state index in [-0.39, 0.29) is 0 Å². The van der Waals surface area contributed by atoms with E-state index in [0.29, 0.717) is 23.2 Å². The molecule has 0 amide bonds. The number of fused-ring (bicyclic) bond motifs is 5. The Bertz CT molecular complexity index is 502. The molecule has 4 aliphatic carbocycles. The summed E-state index contributed by atoms with van der Waals surface area (Å²) in [5.74, 6) is 5.35. The molecular weight excluding hydrogens is 320 g/mol. The lowest BCUT2D eigenvalue weighted by atomic mass is 9.44. The predicted octanol–water partition coefficient (Wildman–Crippen LogP) is 5.76. The first-order valence-electron chi connectivity index (χ1n) is 11.7. The van der Waals surface area contributed by atoms with Crippen molar-refractivity contribution in [2.45, 2.75) is 104 Å². The Balaban J connectivity index is 1.51. The lowest BCUT2D eigenvalue weighted by molar-refractivity contribution is -0.115. The van der Waals surface area contributed by atoms with Crippen LogP contribution in [0.1, 0.15) is 97.8 Å². The van der Waals surface area contributed by atoms with Crippen molar-refractivity contribution in [3.05, 3.63) is 0 Å². The second-order valence-electron chi connectivity index (χ2n) is 11.2. The third-order valence-electron chi connectivity index (χ3n) is 10.2. The van der Waals surface area contributed by atoms with E-state index in [4.69, 9.17) is 0 Å². The van der Waals surface area contributed by atoms with Gasteiger partial charge in [-0.05, 0) is 111 Å². The minimum Gasteiger partial charge on any atom is -0.368 e. The lowest BCUT2D eigenvalue weighted by Crippen LogP contribution is -2.53. The van der Waals surface area contributed by atoms with Crippen LogP contribution in [0.3, 0.4) is 0 Å². The van der Waals surface area contributed by atoms with Crippen LogP contribution in [0.5, 0.6) is 0 Å². The lowest BCUT2D eigenvalue weighted by Gasteiger charge is -2.61. The molecule has 150 valence electrons. The molecule has 0 radical (unpaired) electrons. The van der Waals surface area contributed by atoms with E-state index in [2.05, 4.69) is 20.8 Å². The highest BCUT2D eigenvalue weighted by Crippen LogP contribution is 2.68. The highest BCUT2D eigenvalue weighted by Gasteiger charge is 2.60. The molecule has 4 aliphatic rings. The van der Waals surface area contributed by atoms with Crippen LogP contribution in [-0.2, 0) is 0 Å². The van der Waals surface area contributed by atoms with Crippen molar-refractivity contribution in [3.8, 4) is 0 Å². The second kappa shape index (κ2) is 7.07. The van der Waals surface area contributed by atoms with Gasteiger partial charge in [0.25, 0.3) is 0 Å². The van der Waals surface area contributed by atoms with Crippen molar-refractivity contribution in [2.24, 2.45) is 46.3 Å². The molecule has 0 aliphatic heterocycles. The highest BCUT2D eigenvalue weighted by atomic mass is 16.5. The number of hydrogen-bond acceptors (Lipinski definition) is 2. The summed E-state index contributed by atoms with van der Waals surface area (Å²) < 4.78 is 0. The van der Waals surface area contributed by atoms with Crippen molar-refractivity contribution < 1.29 is 10.2 Å². The Morgan fingerprint density at radius 1 is 0.808 bits per heavy atom. The Labute approximate surface area is 161 Å². The van der Waals surface area contributed by atoms with Gasteiger partial charge in [-0.25, -0.2) is 0 Å². The average molecular weight is 363 g/mol. The van der Waals surface area contributed by atoms with Crippen LogP contribution in [0.2, 0.25) is 0 Å². The first kappa shape index (κ1) is 19.2. The van der Waals surface area contributed by atoms with Gasteiger partial charge in [-0.15, -0.1) is 0 Å². The molecule has 4 rings (SSSR count). The van der Waals surface area contributed by atoms with Crippen molar-refractivity contribution in [3.63, 3.8) is 0 Å². The molecule has 4 unspecified atom stereocenters. The summed E-state index contributed by atoms with van der Waals surface area (Å²) in [7, 11) is 0. The van der Waals surface area contributed by atoms with E-state index in [1.165, 1.54) is 64.2 Å². The molecule has 0 aromatic heterocycles. The molecule has 8 atom stereocenters. The summed E-state index contributed by atoms with van der Waals surface area (Å²) >= 11 is 0. The Morgan fingerprint density at radius 3 is 2.35 bits per heavy atom. The smallest absolute Gasteiger partial charge is 0.151 e. The molecule has 26 heavy (non-hydrogen) atoms. The van der Waals surface area contributed by atoms with Gasteiger partial charge in [-0.3, -0.25) is 0 Å². The molecule has 0 aromatic rings. The molecule has 0 heterocycles. The van der Waals surface area contributed by atoms with Crippen molar-refractivity contribution in [1.29, 1.82) is 0 Å². The van der Waals surface area contributed by atoms with Gasteiger partial charge in [0.05, 0.1) is 0 Å². The maximum Gasteiger partial charge on any atom is 0.151 e. The Morgan fingerprint density at radius 2 is 1.58 bits per heavy atom. The third kappa shape index (κ3) is 2.98. The zero-order valence-corrected chi connectivity index (χ0v) is 17.4. The molecule has 4 saturated carbocycles. The zero-order valence-electron chi connectivity index (χ0n) is 17.4. The SMILES string of the molecule is CC(CCC(O)O)[C@H]1CCC2C3CC[C@@H]4CCCC[C@]4(C)C3CC[C@@]21C. The highest BCUT2D eigenvalue weighted by molar-refractivity contribution is 5.09. The molecule has 2 N–H and O–H groups in total. The van der Waals surface area contributed by atoms with E-state index in [1.54, 1.807) is 0 Å². The zero-order chi connectivity index (χ0) is 18.5. The van der Waals surface area contributed by atoms with Crippen LogP contribution < -0.4 is 0 Å². The maximum absolute atomic E-state index is 9.29. The molecule has 0 bridgehead atoms. The topological polar surface area (TPSA) is 40.5 Å². The van der Waals surface area contributed by atoms with Crippen LogP contribution >= 0.6 is 0 Å². The molecule has 2 heteroatoms. The monoisotopic (exact) mass is 362 g/mol. The van der Waals surface area contributed by atoms with E-state index in [1.807, 2.05) is 0 Å². The summed E-state index contributed by atoms with van der Waals surface area (Å²) in [6, 6.07) is 0. The first-order chi connectivity index (χ1) is 12.4. The van der Waals surface area contributed by atoms with Gasteiger partial charge in [-0.1, -0.05) is 33.6 Å². The molecule has 0 saturated heterocycles. The molecular formula is C24H42O2. The number of rotatable bonds is 4. The summed E-state index contributed by atoms with van der Waals surface area (Å²) in [4.78, 5) is 0. The molecule has 4 fully saturated rings. The van der Waals surface area contributed by atoms with Crippen molar-refractivity contribution in [2.75, 3.05) is 0 Å². The summed E-state index contributed by atoms with van der Waals surface area (Å²) in [5, 5.41) is 18.6. The van der Waals surface area contributed by atoms with Crippen LogP contribution in [0.15, 0.2) is 0 Å². The first-order valence-corrected chi connectivity index (χ1v) is 11.7. The second-order valence-corrected chi connectivity index (χ2v) is 11.2. The van der Waals surface area contributed by atoms with Gasteiger partial charge in [0, 0.05) is 0 Å². The van der Waals surface area contributed by atoms with Crippen LogP contribution in [0.4, 0.5) is 0 Å². The van der Waals surface area contributed by atoms with Gasteiger partial charge in [-0.2, -0.15) is 0 Å². The molecule has 0 aromatic carbocycles. The number of aliphatic hydroxyl groups is 2. The molecule has 2 nitrogen and oxygen atoms in total. The average Bonchev–Trinajstić information content (AvgIpc) is 2.96. The minimum atomic E-state index is -1.13. The van der Waals surface area contributed by atoms with Gasteiger partial charge < -0.3 is 10.2 Å². The Hall–Kier alpha value is -0.0800. The van der Waals surface area contributed by atoms with E-state index >= 15 is 0 Å². The minimum absolute atomic E-state index is 0.513. The standard InChI is InChI=1S/C24H42O2/c1-16(7-12-22(25)26)19-10-11-20-18-9-8-17-6-4-5-14-23(17,2)21(18)13-15-24(19,20)3/h16-22,25-26H,4-15H2,1-3H3/t16?,17-,18?,19+,20?,21?,23-,24+/m0/s1. The third-order valence-corrected chi connectivity index (χ3v) is 10.2. The predicted molar refractivity (Wildman–Crippen MR) is 106 cm³/mol. The van der Waals surface area contributed by atoms with Crippen molar-refractivity contribution >= 4 is 0 Å². The number of hydrogen-bond donors (Lipinski definition) is 2. The van der Waals surface area contributed by atoms with E-state index in [9.17, 15) is 10.2 Å². The fourth-order valence-electron chi connectivity index (χ4n) is 8.88. The van der Waals surface area contributed by atoms with Gasteiger partial charge in [0.15, 0.2) is 6.29 Å². The van der Waals surface area contributed by atoms with E-state index in [0.717, 1.165) is 36.0 Å². The van der Waals surface area contributed by atoms with Gasteiger partial charge >= 0.3 is 0 Å². The van der Waals surface area contributed by atoms with Crippen LogP contribution in [0.25, 0.3) is 0 Å². The van der Waals surface area contributed by atoms with Gasteiger partial charge in [0.1, 0.15) is 0 Å². The van der Waals surface area contributed by atoms with Crippen molar-refractivity contribution in [1.82, 2.24) is 0 Å². The normalized spacial score (nSPS) is 49.4. The maximum atomic E-state index is 9.29.